The minimum atomic E-state index is 0.765. The molecular weight excluding hydrogens is 487 g/mol. The van der Waals surface area contributed by atoms with Crippen LogP contribution in [0.4, 0.5) is 5.69 Å². The van der Waals surface area contributed by atoms with Crippen LogP contribution in [0.2, 0.25) is 10.0 Å². The van der Waals surface area contributed by atoms with Crippen molar-refractivity contribution in [3.63, 3.8) is 0 Å². The highest BCUT2D eigenvalue weighted by atomic mass is 35.5. The largest absolute Gasteiger partial charge is 0.335 e. The summed E-state index contributed by atoms with van der Waals surface area (Å²) < 4.78 is 3.57. The summed E-state index contributed by atoms with van der Waals surface area (Å²) in [7, 11) is 0. The van der Waals surface area contributed by atoms with Crippen LogP contribution in [-0.4, -0.2) is 6.54 Å². The molecule has 0 saturated heterocycles. The van der Waals surface area contributed by atoms with Gasteiger partial charge in [-0.05, 0) is 61.4 Å². The number of hydrogen-bond donors (Lipinski definition) is 0. The first-order chi connectivity index (χ1) is 16.1. The van der Waals surface area contributed by atoms with Crippen LogP contribution in [0.25, 0.3) is 21.9 Å². The molecule has 1 aliphatic rings. The van der Waals surface area contributed by atoms with Crippen LogP contribution in [0.5, 0.6) is 0 Å². The third-order valence-corrected chi connectivity index (χ3v) is 8.38. The van der Waals surface area contributed by atoms with E-state index in [0.717, 1.165) is 23.1 Å². The lowest BCUT2D eigenvalue weighted by atomic mass is 10.1. The Hall–Kier alpha value is -2.24. The van der Waals surface area contributed by atoms with E-state index in [4.69, 9.17) is 23.2 Å². The normalized spacial score (nSPS) is 15.0. The van der Waals surface area contributed by atoms with Crippen molar-refractivity contribution in [3.05, 3.63) is 98.5 Å². The van der Waals surface area contributed by atoms with E-state index < -0.39 is 0 Å². The van der Waals surface area contributed by atoms with Gasteiger partial charge in [0.05, 0.1) is 10.7 Å². The molecular formula is C27H23Cl2N2S2+. The van der Waals surface area contributed by atoms with Crippen molar-refractivity contribution in [1.82, 2.24) is 0 Å². The molecule has 3 aromatic carbocycles. The molecule has 0 aliphatic carbocycles. The van der Waals surface area contributed by atoms with E-state index in [-0.39, 0.29) is 0 Å². The highest BCUT2D eigenvalue weighted by Gasteiger charge is 2.25. The zero-order valence-corrected chi connectivity index (χ0v) is 21.5. The van der Waals surface area contributed by atoms with Gasteiger partial charge in [-0.1, -0.05) is 76.6 Å². The quantitative estimate of drug-likeness (QED) is 0.249. The zero-order chi connectivity index (χ0) is 22.9. The van der Waals surface area contributed by atoms with Crippen molar-refractivity contribution in [2.75, 3.05) is 11.4 Å². The molecule has 0 unspecified atom stereocenters. The lowest BCUT2D eigenvalue weighted by Crippen LogP contribution is -2.33. The second-order valence-electron chi connectivity index (χ2n) is 7.70. The van der Waals surface area contributed by atoms with Crippen LogP contribution in [0.15, 0.2) is 82.7 Å². The molecule has 0 spiro atoms. The summed E-state index contributed by atoms with van der Waals surface area (Å²) in [5, 5.41) is 3.94. The summed E-state index contributed by atoms with van der Waals surface area (Å²) in [6.45, 7) is 6.11. The second kappa shape index (κ2) is 9.55. The summed E-state index contributed by atoms with van der Waals surface area (Å²) in [6.07, 6.45) is 4.60. The fourth-order valence-electron chi connectivity index (χ4n) is 4.12. The van der Waals surface area contributed by atoms with Gasteiger partial charge in [0.25, 0.3) is 5.01 Å². The summed E-state index contributed by atoms with van der Waals surface area (Å²) in [5.74, 6) is 0. The van der Waals surface area contributed by atoms with Gasteiger partial charge in [-0.25, -0.2) is 0 Å². The van der Waals surface area contributed by atoms with E-state index >= 15 is 0 Å². The Balaban J connectivity index is 1.66. The van der Waals surface area contributed by atoms with Gasteiger partial charge in [0.2, 0.25) is 5.52 Å². The molecule has 0 bridgehead atoms. The standard InChI is InChI=1S/C27H23Cl2N2S2/c1-3-30-22-16-20(28)10-12-24(22)32-26(30)14-19(18-8-6-5-7-9-18)15-27-31(4-2)23-17-21(29)11-13-25(23)33-27/h5-17H,3-4H2,1-2H3/q+1. The molecule has 0 radical (unpaired) electrons. The zero-order valence-electron chi connectivity index (χ0n) is 18.4. The van der Waals surface area contributed by atoms with Gasteiger partial charge in [-0.15, -0.1) is 0 Å². The summed E-state index contributed by atoms with van der Waals surface area (Å²) in [5.41, 5.74) is 4.71. The number of halogens is 2. The number of benzene rings is 3. The van der Waals surface area contributed by atoms with Crippen LogP contribution in [-0.2, 0) is 6.54 Å². The van der Waals surface area contributed by atoms with Gasteiger partial charge >= 0.3 is 0 Å². The molecule has 0 fully saturated rings. The third-order valence-electron chi connectivity index (χ3n) is 5.68. The van der Waals surface area contributed by atoms with Crippen molar-refractivity contribution >= 4 is 73.9 Å². The monoisotopic (exact) mass is 509 g/mol. The molecule has 0 atom stereocenters. The number of thiazole rings is 1. The predicted octanol–water partition coefficient (Wildman–Crippen LogP) is 8.53. The molecule has 166 valence electrons. The Bertz CT molecular complexity index is 1390. The number of fused-ring (bicyclic) bond motifs is 2. The molecule has 2 heterocycles. The lowest BCUT2D eigenvalue weighted by Gasteiger charge is -2.18. The predicted molar refractivity (Wildman–Crippen MR) is 145 cm³/mol. The van der Waals surface area contributed by atoms with Gasteiger partial charge in [0.1, 0.15) is 11.2 Å². The molecule has 0 saturated carbocycles. The molecule has 5 rings (SSSR count). The fraction of sp³-hybridized carbons (Fsp3) is 0.148. The van der Waals surface area contributed by atoms with Gasteiger partial charge in [-0.3, -0.25) is 0 Å². The number of allylic oxidation sites excluding steroid dienone is 2. The Kier molecular flexibility index (Phi) is 6.53. The van der Waals surface area contributed by atoms with Gasteiger partial charge in [-0.2, -0.15) is 4.57 Å². The maximum absolute atomic E-state index is 6.31. The van der Waals surface area contributed by atoms with E-state index in [9.17, 15) is 0 Å². The second-order valence-corrected chi connectivity index (χ2v) is 10.7. The van der Waals surface area contributed by atoms with Crippen LogP contribution in [0, 0.1) is 0 Å². The molecule has 1 aliphatic heterocycles. The third kappa shape index (κ3) is 4.45. The van der Waals surface area contributed by atoms with Crippen molar-refractivity contribution in [2.24, 2.45) is 0 Å². The topological polar surface area (TPSA) is 7.12 Å². The minimum Gasteiger partial charge on any atom is -0.335 e. The smallest absolute Gasteiger partial charge is 0.263 e. The van der Waals surface area contributed by atoms with E-state index in [1.807, 2.05) is 12.1 Å². The first-order valence-corrected chi connectivity index (χ1v) is 13.3. The van der Waals surface area contributed by atoms with Gasteiger partial charge in [0.15, 0.2) is 0 Å². The molecule has 6 heteroatoms. The maximum atomic E-state index is 6.31. The number of rotatable bonds is 5. The van der Waals surface area contributed by atoms with Gasteiger partial charge in [0, 0.05) is 33.6 Å². The van der Waals surface area contributed by atoms with E-state index in [1.54, 1.807) is 23.1 Å². The lowest BCUT2D eigenvalue weighted by molar-refractivity contribution is -0.665. The van der Waals surface area contributed by atoms with Crippen LogP contribution < -0.4 is 9.47 Å². The first-order valence-electron chi connectivity index (χ1n) is 10.9. The molecule has 0 amide bonds. The Morgan fingerprint density at radius 2 is 1.73 bits per heavy atom. The van der Waals surface area contributed by atoms with Crippen molar-refractivity contribution in [3.8, 4) is 0 Å². The average Bonchev–Trinajstić information content (AvgIpc) is 3.35. The van der Waals surface area contributed by atoms with E-state index in [0.29, 0.717) is 0 Å². The van der Waals surface area contributed by atoms with Crippen LogP contribution in [0.1, 0.15) is 24.4 Å². The van der Waals surface area contributed by atoms with E-state index in [1.165, 1.54) is 42.0 Å². The van der Waals surface area contributed by atoms with Crippen molar-refractivity contribution in [2.45, 2.75) is 25.3 Å². The SMILES string of the molecule is CCN1/C(=C/C(=C/c2sc3ccc(Cl)cc3[n+]2CC)c2ccccc2)Sc2ccc(Cl)cc21. The van der Waals surface area contributed by atoms with Gasteiger partial charge < -0.3 is 4.90 Å². The maximum Gasteiger partial charge on any atom is 0.263 e. The molecule has 0 N–H and O–H groups in total. The minimum absolute atomic E-state index is 0.765. The highest BCUT2D eigenvalue weighted by molar-refractivity contribution is 8.03. The highest BCUT2D eigenvalue weighted by Crippen LogP contribution is 2.47. The van der Waals surface area contributed by atoms with Crippen molar-refractivity contribution in [1.29, 1.82) is 0 Å². The van der Waals surface area contributed by atoms with Crippen LogP contribution in [0.3, 0.4) is 0 Å². The average molecular weight is 511 g/mol. The number of hydrogen-bond acceptors (Lipinski definition) is 3. The van der Waals surface area contributed by atoms with Crippen molar-refractivity contribution < 1.29 is 4.57 Å². The number of thioether (sulfide) groups is 1. The number of aryl methyl sites for hydroxylation is 1. The fourth-order valence-corrected chi connectivity index (χ4v) is 6.77. The summed E-state index contributed by atoms with van der Waals surface area (Å²) >= 11 is 16.2. The Morgan fingerprint density at radius 3 is 2.48 bits per heavy atom. The number of anilines is 1. The molecule has 2 nitrogen and oxygen atoms in total. The first kappa shape index (κ1) is 22.5. The summed E-state index contributed by atoms with van der Waals surface area (Å²) in [6, 6.07) is 22.8. The number of nitrogens with zero attached hydrogens (tertiary/aromatic N) is 2. The molecule has 33 heavy (non-hydrogen) atoms. The number of aromatic nitrogens is 1. The molecule has 1 aromatic heterocycles. The Morgan fingerprint density at radius 1 is 0.970 bits per heavy atom. The summed E-state index contributed by atoms with van der Waals surface area (Å²) in [4.78, 5) is 3.57. The van der Waals surface area contributed by atoms with Crippen LogP contribution >= 0.6 is 46.3 Å². The Labute approximate surface area is 212 Å². The molecule has 4 aromatic rings. The van der Waals surface area contributed by atoms with E-state index in [2.05, 4.69) is 90.1 Å².